The number of carbonyl (C=O) groups is 1. The predicted molar refractivity (Wildman–Crippen MR) is 150 cm³/mol. The van der Waals surface area contributed by atoms with Gasteiger partial charge in [0, 0.05) is 28.0 Å². The van der Waals surface area contributed by atoms with E-state index in [1.807, 2.05) is 41.9 Å². The smallest absolute Gasteiger partial charge is 0.275 e. The standard InChI is InChI=1S/C28H32N6OS/c1-4-19-23(14-18(15-24(19)33-29)20-6-5-7-22-21(20)8-11-30-22)32-27(35)25-17-36-26(31-25)16-34-12-9-28(2,3)10-13-34/h4-8,11,14-15,17,30,33H,1,9-10,12-13,16,29H2,2-3H3,(H,32,35). The van der Waals surface area contributed by atoms with Gasteiger partial charge in [-0.2, -0.15) is 0 Å². The quantitative estimate of drug-likeness (QED) is 0.182. The Labute approximate surface area is 215 Å². The minimum absolute atomic E-state index is 0.250. The van der Waals surface area contributed by atoms with Crippen molar-refractivity contribution in [3.05, 3.63) is 70.8 Å². The van der Waals surface area contributed by atoms with Crippen molar-refractivity contribution in [1.29, 1.82) is 0 Å². The summed E-state index contributed by atoms with van der Waals surface area (Å²) in [7, 11) is 0. The second kappa shape index (κ2) is 9.89. The van der Waals surface area contributed by atoms with E-state index in [0.717, 1.165) is 52.2 Å². The average Bonchev–Trinajstić information content (AvgIpc) is 3.54. The van der Waals surface area contributed by atoms with Crippen molar-refractivity contribution in [3.8, 4) is 11.1 Å². The zero-order chi connectivity index (χ0) is 25.3. The van der Waals surface area contributed by atoms with Crippen molar-refractivity contribution < 1.29 is 4.79 Å². The second-order valence-electron chi connectivity index (χ2n) is 10.1. The van der Waals surface area contributed by atoms with Gasteiger partial charge in [-0.1, -0.05) is 38.6 Å². The molecule has 186 valence electrons. The van der Waals surface area contributed by atoms with Gasteiger partial charge in [-0.05, 0) is 66.7 Å². The van der Waals surface area contributed by atoms with Crippen LogP contribution in [0.15, 0.2) is 54.6 Å². The van der Waals surface area contributed by atoms with E-state index in [0.29, 0.717) is 22.5 Å². The molecular weight excluding hydrogens is 468 g/mol. The van der Waals surface area contributed by atoms with E-state index in [9.17, 15) is 4.79 Å². The molecule has 4 aromatic rings. The highest BCUT2D eigenvalue weighted by Gasteiger charge is 2.26. The number of likely N-dealkylation sites (tertiary alicyclic amines) is 1. The second-order valence-corrected chi connectivity index (χ2v) is 11.0. The topological polar surface area (TPSA) is 99.1 Å². The largest absolute Gasteiger partial charge is 0.361 e. The molecule has 3 heterocycles. The Morgan fingerprint density at radius 1 is 1.25 bits per heavy atom. The number of aromatic nitrogens is 2. The summed E-state index contributed by atoms with van der Waals surface area (Å²) < 4.78 is 0. The van der Waals surface area contributed by atoms with Crippen LogP contribution in [0.5, 0.6) is 0 Å². The molecule has 1 saturated heterocycles. The van der Waals surface area contributed by atoms with Gasteiger partial charge in [-0.25, -0.2) is 4.98 Å². The highest BCUT2D eigenvalue weighted by molar-refractivity contribution is 7.09. The molecule has 0 spiro atoms. The van der Waals surface area contributed by atoms with Gasteiger partial charge in [-0.3, -0.25) is 15.5 Å². The molecule has 0 aliphatic carbocycles. The molecule has 0 radical (unpaired) electrons. The third-order valence-electron chi connectivity index (χ3n) is 7.05. The van der Waals surface area contributed by atoms with Gasteiger partial charge in [-0.15, -0.1) is 11.3 Å². The Morgan fingerprint density at radius 3 is 2.78 bits per heavy atom. The number of hydrogen-bond acceptors (Lipinski definition) is 6. The van der Waals surface area contributed by atoms with E-state index in [-0.39, 0.29) is 5.91 Å². The molecule has 2 aromatic heterocycles. The normalized spacial score (nSPS) is 15.6. The summed E-state index contributed by atoms with van der Waals surface area (Å²) in [4.78, 5) is 23.5. The van der Waals surface area contributed by atoms with Crippen molar-refractivity contribution >= 4 is 45.6 Å². The molecular formula is C28H32N6OS. The zero-order valence-electron chi connectivity index (χ0n) is 20.7. The van der Waals surface area contributed by atoms with E-state index in [1.165, 1.54) is 24.2 Å². The fraction of sp³-hybridized carbons (Fsp3) is 0.286. The summed E-state index contributed by atoms with van der Waals surface area (Å²) in [6, 6.07) is 12.1. The van der Waals surface area contributed by atoms with E-state index in [2.05, 4.69) is 52.1 Å². The summed E-state index contributed by atoms with van der Waals surface area (Å²) in [6.07, 6.45) is 5.97. The fourth-order valence-electron chi connectivity index (χ4n) is 4.77. The van der Waals surface area contributed by atoms with Crippen LogP contribution in [0, 0.1) is 5.41 Å². The molecule has 1 aliphatic rings. The highest BCUT2D eigenvalue weighted by Crippen LogP contribution is 2.36. The number of rotatable bonds is 7. The molecule has 1 aliphatic heterocycles. The van der Waals surface area contributed by atoms with Crippen LogP contribution in [0.25, 0.3) is 28.1 Å². The molecule has 1 fully saturated rings. The van der Waals surface area contributed by atoms with Gasteiger partial charge < -0.3 is 15.7 Å². The maximum Gasteiger partial charge on any atom is 0.275 e. The number of anilines is 2. The van der Waals surface area contributed by atoms with Crippen molar-refractivity contribution in [2.45, 2.75) is 33.2 Å². The number of hydrazine groups is 1. The summed E-state index contributed by atoms with van der Waals surface area (Å²) in [5.41, 5.74) is 8.63. The lowest BCUT2D eigenvalue weighted by Crippen LogP contribution is -2.36. The zero-order valence-corrected chi connectivity index (χ0v) is 21.5. The van der Waals surface area contributed by atoms with E-state index in [1.54, 1.807) is 6.08 Å². The third kappa shape index (κ3) is 4.93. The van der Waals surface area contributed by atoms with Crippen LogP contribution >= 0.6 is 11.3 Å². The number of nitrogens with one attached hydrogen (secondary N) is 3. The number of amides is 1. The third-order valence-corrected chi connectivity index (χ3v) is 7.88. The van der Waals surface area contributed by atoms with Crippen molar-refractivity contribution in [2.24, 2.45) is 11.3 Å². The number of nitrogens with two attached hydrogens (primary N) is 1. The highest BCUT2D eigenvalue weighted by atomic mass is 32.1. The molecule has 7 nitrogen and oxygen atoms in total. The molecule has 0 bridgehead atoms. The monoisotopic (exact) mass is 500 g/mol. The summed E-state index contributed by atoms with van der Waals surface area (Å²) in [6.45, 7) is 11.5. The molecule has 0 saturated carbocycles. The SMILES string of the molecule is C=Cc1c(NN)cc(-c2cccc3[nH]ccc23)cc1NC(=O)c1csc(CN2CCC(C)(C)CC2)n1. The number of carbonyl (C=O) groups excluding carboxylic acids is 1. The molecule has 8 heteroatoms. The molecule has 0 atom stereocenters. The lowest BCUT2D eigenvalue weighted by molar-refractivity contribution is 0.102. The van der Waals surface area contributed by atoms with Crippen LogP contribution in [-0.4, -0.2) is 33.9 Å². The number of benzene rings is 2. The Bertz CT molecular complexity index is 1410. The molecule has 5 rings (SSSR count). The van der Waals surface area contributed by atoms with E-state index < -0.39 is 0 Å². The number of thiazole rings is 1. The number of aromatic amines is 1. The molecule has 2 aromatic carbocycles. The number of hydrogen-bond donors (Lipinski definition) is 4. The first-order chi connectivity index (χ1) is 17.4. The van der Waals surface area contributed by atoms with Crippen LogP contribution in [0.4, 0.5) is 11.4 Å². The molecule has 36 heavy (non-hydrogen) atoms. The number of piperidine rings is 1. The maximum atomic E-state index is 13.2. The first-order valence-electron chi connectivity index (χ1n) is 12.2. The van der Waals surface area contributed by atoms with Gasteiger partial charge >= 0.3 is 0 Å². The van der Waals surface area contributed by atoms with Crippen molar-refractivity contribution in [2.75, 3.05) is 23.8 Å². The number of nitrogen functional groups attached to an aromatic ring is 1. The van der Waals surface area contributed by atoms with Crippen molar-refractivity contribution in [1.82, 2.24) is 14.9 Å². The first kappa shape index (κ1) is 24.2. The van der Waals surface area contributed by atoms with Crippen LogP contribution in [0.3, 0.4) is 0 Å². The van der Waals surface area contributed by atoms with Gasteiger partial charge in [0.05, 0.1) is 17.9 Å². The van der Waals surface area contributed by atoms with E-state index >= 15 is 0 Å². The predicted octanol–water partition coefficient (Wildman–Crippen LogP) is 6.09. The Balaban J connectivity index is 1.39. The Hall–Kier alpha value is -3.46. The number of fused-ring (bicyclic) bond motifs is 1. The van der Waals surface area contributed by atoms with Gasteiger partial charge in [0.1, 0.15) is 10.7 Å². The van der Waals surface area contributed by atoms with Crippen LogP contribution in [-0.2, 0) is 6.54 Å². The summed E-state index contributed by atoms with van der Waals surface area (Å²) >= 11 is 1.53. The molecule has 1 amide bonds. The van der Waals surface area contributed by atoms with Gasteiger partial charge in [0.15, 0.2) is 0 Å². The van der Waals surface area contributed by atoms with Gasteiger partial charge in [0.25, 0.3) is 5.91 Å². The summed E-state index contributed by atoms with van der Waals surface area (Å²) in [5, 5.41) is 6.93. The molecule has 0 unspecified atom stereocenters. The fourth-order valence-corrected chi connectivity index (χ4v) is 5.59. The minimum Gasteiger partial charge on any atom is -0.361 e. The Kier molecular flexibility index (Phi) is 6.66. The lowest BCUT2D eigenvalue weighted by atomic mass is 9.83. The van der Waals surface area contributed by atoms with Gasteiger partial charge in [0.2, 0.25) is 0 Å². The maximum absolute atomic E-state index is 13.2. The number of nitrogens with zero attached hydrogens (tertiary/aromatic N) is 2. The molecule has 5 N–H and O–H groups in total. The average molecular weight is 501 g/mol. The minimum atomic E-state index is -0.250. The Morgan fingerprint density at radius 2 is 2.03 bits per heavy atom. The van der Waals surface area contributed by atoms with E-state index in [4.69, 9.17) is 5.84 Å². The van der Waals surface area contributed by atoms with Crippen LogP contribution < -0.4 is 16.6 Å². The van der Waals surface area contributed by atoms with Crippen LogP contribution in [0.2, 0.25) is 0 Å². The first-order valence-corrected chi connectivity index (χ1v) is 13.1. The van der Waals surface area contributed by atoms with Crippen LogP contribution in [0.1, 0.15) is 47.7 Å². The summed E-state index contributed by atoms with van der Waals surface area (Å²) in [5.74, 6) is 5.60. The lowest BCUT2D eigenvalue weighted by Gasteiger charge is -2.36. The number of H-pyrrole nitrogens is 1. The van der Waals surface area contributed by atoms with Crippen molar-refractivity contribution in [3.63, 3.8) is 0 Å².